The van der Waals surface area contributed by atoms with Crippen LogP contribution in [0, 0.1) is 0 Å². The van der Waals surface area contributed by atoms with E-state index in [1.807, 2.05) is 6.92 Å². The fourth-order valence-corrected chi connectivity index (χ4v) is 1.55. The van der Waals surface area contributed by atoms with Crippen molar-refractivity contribution in [1.29, 1.82) is 0 Å². The Morgan fingerprint density at radius 2 is 2.26 bits per heavy atom. The van der Waals surface area contributed by atoms with Crippen LogP contribution < -0.4 is 10.6 Å². The molecule has 0 atom stereocenters. The number of hydrogen-bond acceptors (Lipinski definition) is 4. The molecule has 1 heterocycles. The van der Waals surface area contributed by atoms with E-state index < -0.39 is 0 Å². The third-order valence-electron chi connectivity index (χ3n) is 2.60. The van der Waals surface area contributed by atoms with E-state index in [0.717, 1.165) is 12.8 Å². The van der Waals surface area contributed by atoms with Gasteiger partial charge < -0.3 is 15.4 Å². The number of rotatable bonds is 7. The van der Waals surface area contributed by atoms with Gasteiger partial charge in [-0.3, -0.25) is 14.3 Å². The second-order valence-electron chi connectivity index (χ2n) is 4.45. The van der Waals surface area contributed by atoms with E-state index in [4.69, 9.17) is 4.74 Å². The summed E-state index contributed by atoms with van der Waals surface area (Å²) in [4.78, 5) is 23.0. The average molecular weight is 266 g/mol. The largest absolute Gasteiger partial charge is 0.372 e. The SMILES string of the molecule is CCOCC(=O)Nc1cnn(CC(=O)NC2CC2)c1. The molecule has 2 amide bonds. The van der Waals surface area contributed by atoms with Gasteiger partial charge in [-0.05, 0) is 19.8 Å². The molecule has 1 aliphatic carbocycles. The van der Waals surface area contributed by atoms with Crippen LogP contribution in [-0.4, -0.2) is 40.9 Å². The maximum atomic E-state index is 11.6. The number of amides is 2. The normalized spacial score (nSPS) is 14.2. The number of carbonyl (C=O) groups is 2. The third kappa shape index (κ3) is 4.70. The molecule has 0 unspecified atom stereocenters. The van der Waals surface area contributed by atoms with Gasteiger partial charge in [0.15, 0.2) is 0 Å². The number of hydrogen-bond donors (Lipinski definition) is 2. The van der Waals surface area contributed by atoms with Gasteiger partial charge in [-0.2, -0.15) is 5.10 Å². The van der Waals surface area contributed by atoms with E-state index in [-0.39, 0.29) is 25.0 Å². The maximum absolute atomic E-state index is 11.6. The Balaban J connectivity index is 1.77. The molecule has 2 rings (SSSR count). The van der Waals surface area contributed by atoms with Crippen molar-refractivity contribution in [2.75, 3.05) is 18.5 Å². The first-order valence-electron chi connectivity index (χ1n) is 6.36. The van der Waals surface area contributed by atoms with Crippen molar-refractivity contribution in [3.8, 4) is 0 Å². The van der Waals surface area contributed by atoms with Crippen molar-refractivity contribution in [2.45, 2.75) is 32.4 Å². The van der Waals surface area contributed by atoms with Crippen molar-refractivity contribution in [1.82, 2.24) is 15.1 Å². The third-order valence-corrected chi connectivity index (χ3v) is 2.60. The van der Waals surface area contributed by atoms with Crippen LogP contribution in [0.1, 0.15) is 19.8 Å². The first-order chi connectivity index (χ1) is 9.17. The summed E-state index contributed by atoms with van der Waals surface area (Å²) >= 11 is 0. The van der Waals surface area contributed by atoms with Crippen molar-refractivity contribution < 1.29 is 14.3 Å². The van der Waals surface area contributed by atoms with E-state index in [0.29, 0.717) is 18.3 Å². The first kappa shape index (κ1) is 13.5. The minimum atomic E-state index is -0.233. The summed E-state index contributed by atoms with van der Waals surface area (Å²) < 4.78 is 6.48. The lowest BCUT2D eigenvalue weighted by atomic mass is 10.5. The number of nitrogens with one attached hydrogen (secondary N) is 2. The summed E-state index contributed by atoms with van der Waals surface area (Å²) in [7, 11) is 0. The second kappa shape index (κ2) is 6.33. The molecule has 1 aromatic rings. The van der Waals surface area contributed by atoms with Crippen molar-refractivity contribution >= 4 is 17.5 Å². The van der Waals surface area contributed by atoms with Crippen molar-refractivity contribution in [3.05, 3.63) is 12.4 Å². The summed E-state index contributed by atoms with van der Waals surface area (Å²) in [5, 5.41) is 9.54. The number of ether oxygens (including phenoxy) is 1. The van der Waals surface area contributed by atoms with E-state index in [1.165, 1.54) is 10.9 Å². The highest BCUT2D eigenvalue weighted by Gasteiger charge is 2.23. The summed E-state index contributed by atoms with van der Waals surface area (Å²) in [5.74, 6) is -0.290. The van der Waals surface area contributed by atoms with E-state index in [1.54, 1.807) is 6.20 Å². The van der Waals surface area contributed by atoms with Crippen LogP contribution in [0.2, 0.25) is 0 Å². The van der Waals surface area contributed by atoms with Crippen molar-refractivity contribution in [3.63, 3.8) is 0 Å². The molecule has 0 radical (unpaired) electrons. The predicted octanol–water partition coefficient (Wildman–Crippen LogP) is 0.137. The topological polar surface area (TPSA) is 85.2 Å². The van der Waals surface area contributed by atoms with Crippen LogP contribution in [0.3, 0.4) is 0 Å². The zero-order valence-corrected chi connectivity index (χ0v) is 10.9. The van der Waals surface area contributed by atoms with Crippen LogP contribution in [0.25, 0.3) is 0 Å². The van der Waals surface area contributed by atoms with Crippen molar-refractivity contribution in [2.24, 2.45) is 0 Å². The summed E-state index contributed by atoms with van der Waals surface area (Å²) in [6.45, 7) is 2.50. The first-order valence-corrected chi connectivity index (χ1v) is 6.36. The monoisotopic (exact) mass is 266 g/mol. The Hall–Kier alpha value is -1.89. The molecule has 0 aliphatic heterocycles. The Labute approximate surface area is 111 Å². The van der Waals surface area contributed by atoms with Crippen LogP contribution in [0.5, 0.6) is 0 Å². The molecule has 7 nitrogen and oxygen atoms in total. The van der Waals surface area contributed by atoms with Crippen LogP contribution in [0.4, 0.5) is 5.69 Å². The molecule has 0 spiro atoms. The highest BCUT2D eigenvalue weighted by Crippen LogP contribution is 2.18. The van der Waals surface area contributed by atoms with Gasteiger partial charge in [0.1, 0.15) is 13.2 Å². The Bertz CT molecular complexity index is 454. The number of anilines is 1. The predicted molar refractivity (Wildman–Crippen MR) is 68.5 cm³/mol. The molecule has 0 bridgehead atoms. The van der Waals surface area contributed by atoms with Gasteiger partial charge >= 0.3 is 0 Å². The van der Waals surface area contributed by atoms with Gasteiger partial charge in [0.25, 0.3) is 0 Å². The average Bonchev–Trinajstić information content (AvgIpc) is 3.07. The van der Waals surface area contributed by atoms with Crippen LogP contribution in [0.15, 0.2) is 12.4 Å². The zero-order chi connectivity index (χ0) is 13.7. The summed E-state index contributed by atoms with van der Waals surface area (Å²) in [5.41, 5.74) is 0.559. The van der Waals surface area contributed by atoms with Gasteiger partial charge in [0.05, 0.1) is 11.9 Å². The lowest BCUT2D eigenvalue weighted by molar-refractivity contribution is -0.122. The van der Waals surface area contributed by atoms with Gasteiger partial charge in [-0.25, -0.2) is 0 Å². The van der Waals surface area contributed by atoms with Gasteiger partial charge in [-0.15, -0.1) is 0 Å². The fraction of sp³-hybridized carbons (Fsp3) is 0.583. The minimum absolute atomic E-state index is 0.0177. The molecule has 1 fully saturated rings. The van der Waals surface area contributed by atoms with Crippen LogP contribution in [-0.2, 0) is 20.9 Å². The molecule has 7 heteroatoms. The maximum Gasteiger partial charge on any atom is 0.250 e. The number of carbonyl (C=O) groups excluding carboxylic acids is 2. The highest BCUT2D eigenvalue weighted by molar-refractivity contribution is 5.91. The molecule has 0 aromatic carbocycles. The standard InChI is InChI=1S/C12H18N4O3/c1-2-19-8-12(18)15-10-5-13-16(6-10)7-11(17)14-9-3-4-9/h5-6,9H,2-4,7-8H2,1H3,(H,14,17)(H,15,18). The molecule has 2 N–H and O–H groups in total. The Morgan fingerprint density at radius 1 is 1.47 bits per heavy atom. The lowest BCUT2D eigenvalue weighted by Crippen LogP contribution is -2.29. The molecular formula is C12H18N4O3. The molecule has 0 saturated heterocycles. The molecular weight excluding hydrogens is 248 g/mol. The number of nitrogens with zero attached hydrogens (tertiary/aromatic N) is 2. The Morgan fingerprint density at radius 3 is 2.95 bits per heavy atom. The van der Waals surface area contributed by atoms with E-state index >= 15 is 0 Å². The lowest BCUT2D eigenvalue weighted by Gasteiger charge is -2.03. The quantitative estimate of drug-likeness (QED) is 0.735. The molecule has 19 heavy (non-hydrogen) atoms. The molecule has 1 saturated carbocycles. The van der Waals surface area contributed by atoms with E-state index in [2.05, 4.69) is 15.7 Å². The van der Waals surface area contributed by atoms with Gasteiger partial charge in [-0.1, -0.05) is 0 Å². The fourth-order valence-electron chi connectivity index (χ4n) is 1.55. The molecule has 1 aromatic heterocycles. The molecule has 104 valence electrons. The smallest absolute Gasteiger partial charge is 0.250 e. The van der Waals surface area contributed by atoms with E-state index in [9.17, 15) is 9.59 Å². The second-order valence-corrected chi connectivity index (χ2v) is 4.45. The summed E-state index contributed by atoms with van der Waals surface area (Å²) in [6, 6.07) is 0.341. The molecule has 1 aliphatic rings. The zero-order valence-electron chi connectivity index (χ0n) is 10.9. The highest BCUT2D eigenvalue weighted by atomic mass is 16.5. The minimum Gasteiger partial charge on any atom is -0.372 e. The van der Waals surface area contributed by atoms with Gasteiger partial charge in [0.2, 0.25) is 11.8 Å². The van der Waals surface area contributed by atoms with Crippen LogP contribution >= 0.6 is 0 Å². The number of aromatic nitrogens is 2. The Kier molecular flexibility index (Phi) is 4.51. The summed E-state index contributed by atoms with van der Waals surface area (Å²) in [6.07, 6.45) is 5.25. The van der Waals surface area contributed by atoms with Gasteiger partial charge in [0, 0.05) is 18.8 Å².